The number of nitro benzene ring substituents is 1. The van der Waals surface area contributed by atoms with Gasteiger partial charge in [-0.05, 0) is 25.0 Å². The first-order chi connectivity index (χ1) is 9.61. The average Bonchev–Trinajstić information content (AvgIpc) is 3.18. The highest BCUT2D eigenvalue weighted by Crippen LogP contribution is 2.41. The van der Waals surface area contributed by atoms with E-state index in [1.54, 1.807) is 12.1 Å². The van der Waals surface area contributed by atoms with Gasteiger partial charge in [0.1, 0.15) is 5.82 Å². The van der Waals surface area contributed by atoms with E-state index in [1.165, 1.54) is 6.07 Å². The van der Waals surface area contributed by atoms with Gasteiger partial charge in [0.05, 0.1) is 17.0 Å². The molecule has 2 N–H and O–H groups in total. The van der Waals surface area contributed by atoms with Crippen LogP contribution in [0.4, 0.5) is 5.69 Å². The van der Waals surface area contributed by atoms with E-state index in [2.05, 4.69) is 10.2 Å². The molecule has 0 atom stereocenters. The van der Waals surface area contributed by atoms with Crippen molar-refractivity contribution >= 4 is 17.3 Å². The third-order valence-electron chi connectivity index (χ3n) is 3.26. The highest BCUT2D eigenvalue weighted by Gasteiger charge is 2.31. The normalized spacial score (nSPS) is 14.5. The van der Waals surface area contributed by atoms with E-state index in [0.29, 0.717) is 22.2 Å². The van der Waals surface area contributed by atoms with E-state index in [-0.39, 0.29) is 18.3 Å². The number of aromatic nitrogens is 3. The Hall–Kier alpha value is -1.99. The number of hydrogen-bond donors (Lipinski definition) is 1. The predicted octanol–water partition coefficient (Wildman–Crippen LogP) is 2.30. The van der Waals surface area contributed by atoms with Crippen LogP contribution in [0.15, 0.2) is 18.2 Å². The summed E-state index contributed by atoms with van der Waals surface area (Å²) in [6.45, 7) is 0.255. The van der Waals surface area contributed by atoms with Gasteiger partial charge in [0, 0.05) is 17.1 Å². The smallest absolute Gasteiger partial charge is 0.281 e. The molecule has 2 aromatic rings. The van der Waals surface area contributed by atoms with Crippen molar-refractivity contribution < 1.29 is 4.92 Å². The van der Waals surface area contributed by atoms with E-state index in [4.69, 9.17) is 17.3 Å². The Morgan fingerprint density at radius 2 is 2.20 bits per heavy atom. The zero-order valence-electron chi connectivity index (χ0n) is 10.5. The Bertz CT molecular complexity index is 680. The highest BCUT2D eigenvalue weighted by atomic mass is 35.5. The van der Waals surface area contributed by atoms with Crippen LogP contribution < -0.4 is 5.73 Å². The van der Waals surface area contributed by atoms with E-state index in [0.717, 1.165) is 12.8 Å². The fraction of sp³-hybridized carbons (Fsp3) is 0.333. The molecule has 0 unspecified atom stereocenters. The van der Waals surface area contributed by atoms with Gasteiger partial charge in [-0.3, -0.25) is 10.1 Å². The second-order valence-electron chi connectivity index (χ2n) is 4.66. The Morgan fingerprint density at radius 1 is 1.45 bits per heavy atom. The lowest BCUT2D eigenvalue weighted by Gasteiger charge is -2.08. The van der Waals surface area contributed by atoms with Crippen molar-refractivity contribution in [2.24, 2.45) is 5.73 Å². The van der Waals surface area contributed by atoms with Crippen LogP contribution >= 0.6 is 11.6 Å². The van der Waals surface area contributed by atoms with Gasteiger partial charge in [-0.2, -0.15) is 0 Å². The van der Waals surface area contributed by atoms with Crippen LogP contribution in [0.2, 0.25) is 5.02 Å². The first-order valence-electron chi connectivity index (χ1n) is 6.20. The summed E-state index contributed by atoms with van der Waals surface area (Å²) in [5.74, 6) is 1.13. The van der Waals surface area contributed by atoms with Gasteiger partial charge in [-0.25, -0.2) is 0 Å². The Kier molecular flexibility index (Phi) is 3.15. The van der Waals surface area contributed by atoms with Crippen molar-refractivity contribution in [3.63, 3.8) is 0 Å². The van der Waals surface area contributed by atoms with Crippen LogP contribution in [0.3, 0.4) is 0 Å². The first-order valence-corrected chi connectivity index (χ1v) is 6.57. The molecule has 0 aliphatic heterocycles. The summed E-state index contributed by atoms with van der Waals surface area (Å²) in [5.41, 5.74) is 5.99. The second-order valence-corrected chi connectivity index (χ2v) is 5.10. The Balaban J connectivity index is 2.18. The van der Waals surface area contributed by atoms with Gasteiger partial charge >= 0.3 is 0 Å². The molecule has 1 aliphatic carbocycles. The van der Waals surface area contributed by atoms with Gasteiger partial charge in [0.2, 0.25) is 0 Å². The number of nitro groups is 1. The molecular formula is C12H12ClN5O2. The summed E-state index contributed by atoms with van der Waals surface area (Å²) < 4.78 is 1.90. The summed E-state index contributed by atoms with van der Waals surface area (Å²) in [4.78, 5) is 10.7. The first kappa shape index (κ1) is 13.0. The standard InChI is InChI=1S/C12H12ClN5O2/c13-7-1-4-9(10(5-7)18(19)20)12-16-15-11(6-14)17(12)8-2-3-8/h1,4-5,8H,2-3,6,14H2. The zero-order valence-corrected chi connectivity index (χ0v) is 11.2. The van der Waals surface area contributed by atoms with Crippen LogP contribution in [0.25, 0.3) is 11.4 Å². The molecule has 1 saturated carbocycles. The zero-order chi connectivity index (χ0) is 14.3. The molecule has 7 nitrogen and oxygen atoms in total. The van der Waals surface area contributed by atoms with Gasteiger partial charge in [0.25, 0.3) is 5.69 Å². The summed E-state index contributed by atoms with van der Waals surface area (Å²) in [6, 6.07) is 4.82. The summed E-state index contributed by atoms with van der Waals surface area (Å²) in [7, 11) is 0. The van der Waals surface area contributed by atoms with E-state index in [1.807, 2.05) is 4.57 Å². The molecule has 20 heavy (non-hydrogen) atoms. The average molecular weight is 294 g/mol. The van der Waals surface area contributed by atoms with Crippen LogP contribution in [-0.2, 0) is 6.54 Å². The molecule has 1 aliphatic rings. The molecule has 1 aromatic carbocycles. The van der Waals surface area contributed by atoms with E-state index >= 15 is 0 Å². The minimum Gasteiger partial charge on any atom is -0.324 e. The van der Waals surface area contributed by atoms with Crippen molar-refractivity contribution in [1.82, 2.24) is 14.8 Å². The van der Waals surface area contributed by atoms with Crippen molar-refractivity contribution in [2.75, 3.05) is 0 Å². The molecule has 104 valence electrons. The number of halogens is 1. The van der Waals surface area contributed by atoms with E-state index in [9.17, 15) is 10.1 Å². The van der Waals surface area contributed by atoms with Gasteiger partial charge in [0.15, 0.2) is 5.82 Å². The van der Waals surface area contributed by atoms with Gasteiger partial charge < -0.3 is 10.3 Å². The van der Waals surface area contributed by atoms with E-state index < -0.39 is 4.92 Å². The molecule has 0 spiro atoms. The molecular weight excluding hydrogens is 282 g/mol. The Morgan fingerprint density at radius 3 is 2.80 bits per heavy atom. The number of nitrogens with zero attached hydrogens (tertiary/aromatic N) is 4. The second kappa shape index (κ2) is 4.84. The third-order valence-corrected chi connectivity index (χ3v) is 3.49. The molecule has 0 saturated heterocycles. The van der Waals surface area contributed by atoms with Crippen LogP contribution in [0, 0.1) is 10.1 Å². The quantitative estimate of drug-likeness (QED) is 0.688. The topological polar surface area (TPSA) is 99.9 Å². The van der Waals surface area contributed by atoms with Crippen molar-refractivity contribution in [3.8, 4) is 11.4 Å². The lowest BCUT2D eigenvalue weighted by atomic mass is 10.1. The predicted molar refractivity (Wildman–Crippen MR) is 73.3 cm³/mol. The Labute approximate surface area is 119 Å². The molecule has 0 radical (unpaired) electrons. The van der Waals surface area contributed by atoms with Gasteiger partial charge in [-0.1, -0.05) is 11.6 Å². The SMILES string of the molecule is NCc1nnc(-c2ccc(Cl)cc2[N+](=O)[O-])n1C1CC1. The molecule has 0 amide bonds. The maximum atomic E-state index is 11.2. The molecule has 0 bridgehead atoms. The highest BCUT2D eigenvalue weighted by molar-refractivity contribution is 6.30. The van der Waals surface area contributed by atoms with Crippen LogP contribution in [0.1, 0.15) is 24.7 Å². The fourth-order valence-electron chi connectivity index (χ4n) is 2.21. The minimum atomic E-state index is -0.463. The van der Waals surface area contributed by atoms with Crippen molar-refractivity contribution in [1.29, 1.82) is 0 Å². The monoisotopic (exact) mass is 293 g/mol. The van der Waals surface area contributed by atoms with Crippen molar-refractivity contribution in [2.45, 2.75) is 25.4 Å². The van der Waals surface area contributed by atoms with Crippen LogP contribution in [0.5, 0.6) is 0 Å². The fourth-order valence-corrected chi connectivity index (χ4v) is 2.37. The molecule has 3 rings (SSSR count). The third kappa shape index (κ3) is 2.14. The number of hydrogen-bond acceptors (Lipinski definition) is 5. The molecule has 1 aromatic heterocycles. The maximum absolute atomic E-state index is 11.2. The summed E-state index contributed by atoms with van der Waals surface area (Å²) >= 11 is 5.83. The largest absolute Gasteiger partial charge is 0.324 e. The number of nitrogens with two attached hydrogens (primary N) is 1. The van der Waals surface area contributed by atoms with Gasteiger partial charge in [-0.15, -0.1) is 10.2 Å². The molecule has 1 heterocycles. The number of benzene rings is 1. The summed E-state index contributed by atoms with van der Waals surface area (Å²) in [6.07, 6.45) is 2.03. The maximum Gasteiger partial charge on any atom is 0.281 e. The minimum absolute atomic E-state index is 0.0737. The lowest BCUT2D eigenvalue weighted by Crippen LogP contribution is -2.08. The van der Waals surface area contributed by atoms with Crippen LogP contribution in [-0.4, -0.2) is 19.7 Å². The number of rotatable bonds is 4. The van der Waals surface area contributed by atoms with Crippen molar-refractivity contribution in [3.05, 3.63) is 39.2 Å². The summed E-state index contributed by atoms with van der Waals surface area (Å²) in [5, 5.41) is 19.6. The molecule has 1 fully saturated rings. The lowest BCUT2D eigenvalue weighted by molar-refractivity contribution is -0.384. The molecule has 8 heteroatoms.